The second kappa shape index (κ2) is 5.03. The number of hydrogen-bond acceptors (Lipinski definition) is 4. The van der Waals surface area contributed by atoms with Gasteiger partial charge in [0.1, 0.15) is 6.61 Å². The van der Waals surface area contributed by atoms with Crippen molar-refractivity contribution in [3.63, 3.8) is 0 Å². The van der Waals surface area contributed by atoms with Gasteiger partial charge in [0.25, 0.3) is 0 Å². The Morgan fingerprint density at radius 1 is 1.75 bits per heavy atom. The number of primary amides is 1. The Balaban J connectivity index is 1.81. The molecule has 0 aliphatic heterocycles. The second-order valence-electron chi connectivity index (χ2n) is 3.64. The highest BCUT2D eigenvalue weighted by Gasteiger charge is 2.24. The minimum Gasteiger partial charge on any atom is -0.448 e. The van der Waals surface area contributed by atoms with Gasteiger partial charge in [0.15, 0.2) is 0 Å². The van der Waals surface area contributed by atoms with Crippen molar-refractivity contribution in [2.24, 2.45) is 5.73 Å². The monoisotopic (exact) mass is 260 g/mol. The molecule has 0 radical (unpaired) electrons. The average Bonchev–Trinajstić information content (AvgIpc) is 2.72. The Labute approximate surface area is 103 Å². The van der Waals surface area contributed by atoms with E-state index in [4.69, 9.17) is 17.3 Å². The summed E-state index contributed by atoms with van der Waals surface area (Å²) in [6, 6.07) is 2.34. The predicted octanol–water partition coefficient (Wildman–Crippen LogP) is 2.07. The maximum Gasteiger partial charge on any atom is 0.404 e. The van der Waals surface area contributed by atoms with Crippen LogP contribution in [0, 0.1) is 0 Å². The molecule has 1 heterocycles. The molecule has 0 spiro atoms. The van der Waals surface area contributed by atoms with Crippen molar-refractivity contribution in [3.05, 3.63) is 20.8 Å². The molecule has 2 rings (SSSR count). The molecule has 0 fully saturated rings. The number of aryl methyl sites for hydroxylation is 1. The maximum absolute atomic E-state index is 10.4. The first-order valence-electron chi connectivity index (χ1n) is 5.10. The van der Waals surface area contributed by atoms with Crippen molar-refractivity contribution in [2.45, 2.75) is 18.9 Å². The fourth-order valence-electron chi connectivity index (χ4n) is 1.93. The molecule has 1 aromatic rings. The van der Waals surface area contributed by atoms with Crippen molar-refractivity contribution >= 4 is 29.0 Å². The summed E-state index contributed by atoms with van der Waals surface area (Å²) in [5.74, 6) is 0. The fourth-order valence-corrected chi connectivity index (χ4v) is 3.28. The number of carbonyl (C=O) groups excluding carboxylic acids is 1. The molecule has 1 aliphatic carbocycles. The molecule has 1 aliphatic rings. The third-order valence-electron chi connectivity index (χ3n) is 2.58. The Morgan fingerprint density at radius 2 is 2.56 bits per heavy atom. The Bertz CT molecular complexity index is 394. The van der Waals surface area contributed by atoms with Crippen LogP contribution in [-0.2, 0) is 11.2 Å². The van der Waals surface area contributed by atoms with Gasteiger partial charge in [0.2, 0.25) is 0 Å². The van der Waals surface area contributed by atoms with Gasteiger partial charge in [-0.2, -0.15) is 0 Å². The largest absolute Gasteiger partial charge is 0.448 e. The molecule has 0 bridgehead atoms. The molecule has 1 aromatic heterocycles. The summed E-state index contributed by atoms with van der Waals surface area (Å²) in [4.78, 5) is 11.7. The van der Waals surface area contributed by atoms with Crippen molar-refractivity contribution in [1.82, 2.24) is 5.32 Å². The molecule has 0 aromatic carbocycles. The van der Waals surface area contributed by atoms with Gasteiger partial charge in [-0.05, 0) is 24.5 Å². The molecule has 3 N–H and O–H groups in total. The first kappa shape index (κ1) is 11.7. The van der Waals surface area contributed by atoms with Crippen molar-refractivity contribution in [2.75, 3.05) is 13.2 Å². The van der Waals surface area contributed by atoms with Crippen LogP contribution < -0.4 is 11.1 Å². The Hall–Kier alpha value is -0.780. The summed E-state index contributed by atoms with van der Waals surface area (Å²) in [7, 11) is 0. The van der Waals surface area contributed by atoms with Crippen LogP contribution in [0.4, 0.5) is 4.79 Å². The van der Waals surface area contributed by atoms with Gasteiger partial charge in [0.05, 0.1) is 4.34 Å². The highest BCUT2D eigenvalue weighted by molar-refractivity contribution is 7.16. The molecule has 88 valence electrons. The highest BCUT2D eigenvalue weighted by Crippen LogP contribution is 2.39. The van der Waals surface area contributed by atoms with Gasteiger partial charge in [-0.3, -0.25) is 0 Å². The summed E-state index contributed by atoms with van der Waals surface area (Å²) < 4.78 is 5.49. The third kappa shape index (κ3) is 2.66. The Morgan fingerprint density at radius 3 is 3.31 bits per heavy atom. The summed E-state index contributed by atoms with van der Waals surface area (Å²) in [6.45, 7) is 0.916. The summed E-state index contributed by atoms with van der Waals surface area (Å²) >= 11 is 7.60. The fraction of sp³-hybridized carbons (Fsp3) is 0.500. The van der Waals surface area contributed by atoms with Gasteiger partial charge in [-0.25, -0.2) is 4.79 Å². The van der Waals surface area contributed by atoms with Crippen LogP contribution in [0.3, 0.4) is 0 Å². The zero-order valence-electron chi connectivity index (χ0n) is 8.66. The first-order chi connectivity index (χ1) is 7.66. The number of halogens is 1. The quantitative estimate of drug-likeness (QED) is 0.815. The zero-order chi connectivity index (χ0) is 11.5. The van der Waals surface area contributed by atoms with Gasteiger partial charge in [0, 0.05) is 17.5 Å². The molecule has 0 saturated heterocycles. The van der Waals surface area contributed by atoms with E-state index in [1.54, 1.807) is 11.3 Å². The van der Waals surface area contributed by atoms with Crippen LogP contribution in [0.2, 0.25) is 4.34 Å². The Kier molecular flexibility index (Phi) is 3.68. The van der Waals surface area contributed by atoms with Crippen LogP contribution >= 0.6 is 22.9 Å². The minimum absolute atomic E-state index is 0.305. The lowest BCUT2D eigenvalue weighted by Gasteiger charge is -2.12. The zero-order valence-corrected chi connectivity index (χ0v) is 10.2. The van der Waals surface area contributed by atoms with E-state index < -0.39 is 6.09 Å². The molecule has 0 saturated carbocycles. The lowest BCUT2D eigenvalue weighted by atomic mass is 10.2. The SMILES string of the molecule is NC(=O)OCCNC1CCc2sc(Cl)cc21. The number of nitrogens with one attached hydrogen (secondary N) is 1. The standard InChI is InChI=1S/C10H13ClN2O2S/c11-9-5-6-7(1-2-8(6)16-9)13-3-4-15-10(12)14/h5,7,13H,1-4H2,(H2,12,14). The molecule has 16 heavy (non-hydrogen) atoms. The van der Waals surface area contributed by atoms with Crippen molar-refractivity contribution < 1.29 is 9.53 Å². The summed E-state index contributed by atoms with van der Waals surface area (Å²) in [5.41, 5.74) is 6.15. The maximum atomic E-state index is 10.4. The van der Waals surface area contributed by atoms with Crippen LogP contribution in [-0.4, -0.2) is 19.2 Å². The molecule has 4 nitrogen and oxygen atoms in total. The number of ether oxygens (including phenoxy) is 1. The number of hydrogen-bond donors (Lipinski definition) is 2. The topological polar surface area (TPSA) is 64.4 Å². The van der Waals surface area contributed by atoms with E-state index in [2.05, 4.69) is 10.1 Å². The van der Waals surface area contributed by atoms with E-state index in [1.165, 1.54) is 10.4 Å². The smallest absolute Gasteiger partial charge is 0.404 e. The molecular formula is C10H13ClN2O2S. The second-order valence-corrected chi connectivity index (χ2v) is 5.41. The van der Waals surface area contributed by atoms with Crippen LogP contribution in [0.15, 0.2) is 6.07 Å². The number of fused-ring (bicyclic) bond motifs is 1. The van der Waals surface area contributed by atoms with Crippen LogP contribution in [0.1, 0.15) is 22.9 Å². The van der Waals surface area contributed by atoms with E-state index in [0.717, 1.165) is 17.2 Å². The molecule has 1 amide bonds. The first-order valence-corrected chi connectivity index (χ1v) is 6.30. The minimum atomic E-state index is -0.729. The lowest BCUT2D eigenvalue weighted by molar-refractivity contribution is 0.156. The van der Waals surface area contributed by atoms with Gasteiger partial charge in [-0.1, -0.05) is 11.6 Å². The van der Waals surface area contributed by atoms with E-state index in [1.807, 2.05) is 6.07 Å². The van der Waals surface area contributed by atoms with Gasteiger partial charge in [-0.15, -0.1) is 11.3 Å². The highest BCUT2D eigenvalue weighted by atomic mass is 35.5. The van der Waals surface area contributed by atoms with Crippen molar-refractivity contribution in [1.29, 1.82) is 0 Å². The normalized spacial score (nSPS) is 18.4. The molecule has 6 heteroatoms. The third-order valence-corrected chi connectivity index (χ3v) is 3.92. The summed E-state index contributed by atoms with van der Waals surface area (Å²) in [5, 5.41) is 3.32. The van der Waals surface area contributed by atoms with Crippen LogP contribution in [0.25, 0.3) is 0 Å². The van der Waals surface area contributed by atoms with Gasteiger partial charge >= 0.3 is 6.09 Å². The summed E-state index contributed by atoms with van der Waals surface area (Å²) in [6.07, 6.45) is 1.42. The molecule has 1 atom stereocenters. The number of rotatable bonds is 4. The average molecular weight is 261 g/mol. The number of amides is 1. The predicted molar refractivity (Wildman–Crippen MR) is 63.9 cm³/mol. The van der Waals surface area contributed by atoms with E-state index in [9.17, 15) is 4.79 Å². The molecule has 1 unspecified atom stereocenters. The van der Waals surface area contributed by atoms with Crippen molar-refractivity contribution in [3.8, 4) is 0 Å². The lowest BCUT2D eigenvalue weighted by Crippen LogP contribution is -2.26. The van der Waals surface area contributed by atoms with E-state index in [0.29, 0.717) is 19.2 Å². The van der Waals surface area contributed by atoms with E-state index >= 15 is 0 Å². The van der Waals surface area contributed by atoms with E-state index in [-0.39, 0.29) is 0 Å². The number of carbonyl (C=O) groups is 1. The number of thiophene rings is 1. The van der Waals surface area contributed by atoms with Crippen LogP contribution in [0.5, 0.6) is 0 Å². The number of nitrogens with two attached hydrogens (primary N) is 1. The molecular weight excluding hydrogens is 248 g/mol. The van der Waals surface area contributed by atoms with Gasteiger partial charge < -0.3 is 15.8 Å².